The number of carbonyl (C=O) groups is 1. The van der Waals surface area contributed by atoms with Gasteiger partial charge in [0.15, 0.2) is 0 Å². The van der Waals surface area contributed by atoms with Crippen LogP contribution in [0, 0.1) is 11.3 Å². The summed E-state index contributed by atoms with van der Waals surface area (Å²) in [5, 5.41) is 12.8. The molecule has 0 saturated heterocycles. The van der Waals surface area contributed by atoms with Crippen LogP contribution >= 0.6 is 23.2 Å². The van der Waals surface area contributed by atoms with Crippen molar-refractivity contribution in [1.82, 2.24) is 0 Å². The van der Waals surface area contributed by atoms with Gasteiger partial charge in [-0.2, -0.15) is 5.26 Å². The minimum Gasteiger partial charge on any atom is -0.497 e. The maximum absolute atomic E-state index is 12.4. The molecule has 3 aromatic rings. The summed E-state index contributed by atoms with van der Waals surface area (Å²) in [5.74, 6) is 1.03. The number of amides is 1. The van der Waals surface area contributed by atoms with Crippen LogP contribution in [-0.2, 0) is 4.79 Å². The summed E-state index contributed by atoms with van der Waals surface area (Å²) in [7, 11) is 1.56. The number of nitrogens with one attached hydrogen (secondary N) is 1. The zero-order valence-electron chi connectivity index (χ0n) is 14.7. The molecule has 2 aromatic carbocycles. The van der Waals surface area contributed by atoms with Gasteiger partial charge in [-0.3, -0.25) is 4.79 Å². The highest BCUT2D eigenvalue weighted by Crippen LogP contribution is 2.30. The lowest BCUT2D eigenvalue weighted by Gasteiger charge is -2.05. The summed E-state index contributed by atoms with van der Waals surface area (Å²) in [6.07, 6.45) is 1.37. The number of furan rings is 1. The van der Waals surface area contributed by atoms with Crippen molar-refractivity contribution in [2.45, 2.75) is 0 Å². The number of rotatable bonds is 5. The molecular weight excluding hydrogens is 399 g/mol. The van der Waals surface area contributed by atoms with Gasteiger partial charge < -0.3 is 14.5 Å². The Kier molecular flexibility index (Phi) is 6.05. The van der Waals surface area contributed by atoms with Gasteiger partial charge in [-0.15, -0.1) is 0 Å². The predicted molar refractivity (Wildman–Crippen MR) is 109 cm³/mol. The first kappa shape index (κ1) is 19.6. The third-order valence-corrected chi connectivity index (χ3v) is 4.57. The Labute approximate surface area is 171 Å². The maximum atomic E-state index is 12.4. The minimum atomic E-state index is -0.542. The Bertz CT molecular complexity index is 1080. The molecule has 0 unspecified atom stereocenters. The number of halogens is 2. The Morgan fingerprint density at radius 1 is 1.11 bits per heavy atom. The van der Waals surface area contributed by atoms with E-state index in [1.165, 1.54) is 6.08 Å². The molecule has 0 radical (unpaired) electrons. The van der Waals surface area contributed by atoms with Crippen LogP contribution < -0.4 is 10.1 Å². The largest absolute Gasteiger partial charge is 0.497 e. The molecule has 5 nitrogen and oxygen atoms in total. The number of nitrogens with zero attached hydrogens (tertiary/aromatic N) is 1. The van der Waals surface area contributed by atoms with Gasteiger partial charge in [0.25, 0.3) is 5.91 Å². The van der Waals surface area contributed by atoms with Gasteiger partial charge in [0.2, 0.25) is 0 Å². The molecule has 0 atom stereocenters. The van der Waals surface area contributed by atoms with Crippen LogP contribution in [0.15, 0.2) is 64.6 Å². The van der Waals surface area contributed by atoms with Gasteiger partial charge in [0, 0.05) is 17.3 Å². The molecule has 1 aromatic heterocycles. The standard InChI is InChI=1S/C21H14Cl2N2O3/c1-27-16-5-3-15(4-6-16)25-21(26)14(12-24)10-17-7-9-20(28-17)13-2-8-18(22)19(23)11-13/h2-11H,1H3,(H,25,26). The van der Waals surface area contributed by atoms with Gasteiger partial charge in [-0.25, -0.2) is 0 Å². The number of ether oxygens (including phenoxy) is 1. The smallest absolute Gasteiger partial charge is 0.266 e. The summed E-state index contributed by atoms with van der Waals surface area (Å²) in [6.45, 7) is 0. The average molecular weight is 413 g/mol. The maximum Gasteiger partial charge on any atom is 0.266 e. The molecule has 0 saturated carbocycles. The van der Waals surface area contributed by atoms with Crippen LogP contribution in [0.4, 0.5) is 5.69 Å². The molecule has 0 bridgehead atoms. The van der Waals surface area contributed by atoms with Gasteiger partial charge >= 0.3 is 0 Å². The summed E-state index contributed by atoms with van der Waals surface area (Å²) >= 11 is 11.9. The fraction of sp³-hybridized carbons (Fsp3) is 0.0476. The van der Waals surface area contributed by atoms with Crippen molar-refractivity contribution in [3.63, 3.8) is 0 Å². The molecule has 1 N–H and O–H groups in total. The second-order valence-electron chi connectivity index (χ2n) is 5.68. The van der Waals surface area contributed by atoms with Crippen LogP contribution in [0.2, 0.25) is 10.0 Å². The summed E-state index contributed by atoms with van der Waals surface area (Å²) in [5.41, 5.74) is 1.18. The Morgan fingerprint density at radius 2 is 1.86 bits per heavy atom. The molecule has 1 amide bonds. The van der Waals surface area contributed by atoms with Crippen molar-refractivity contribution in [3.05, 3.63) is 76.0 Å². The van der Waals surface area contributed by atoms with Crippen LogP contribution in [0.5, 0.6) is 5.75 Å². The molecule has 3 rings (SSSR count). The number of methoxy groups -OCH3 is 1. The summed E-state index contributed by atoms with van der Waals surface area (Å²) in [6, 6.07) is 17.2. The zero-order valence-corrected chi connectivity index (χ0v) is 16.2. The third-order valence-electron chi connectivity index (χ3n) is 3.83. The molecule has 0 aliphatic rings. The lowest BCUT2D eigenvalue weighted by molar-refractivity contribution is -0.112. The molecule has 0 aliphatic carbocycles. The third kappa shape index (κ3) is 4.55. The first-order valence-corrected chi connectivity index (χ1v) is 8.88. The van der Waals surface area contributed by atoms with Crippen molar-refractivity contribution in [2.24, 2.45) is 0 Å². The van der Waals surface area contributed by atoms with E-state index in [0.29, 0.717) is 33.0 Å². The molecular formula is C21H14Cl2N2O3. The van der Waals surface area contributed by atoms with E-state index >= 15 is 0 Å². The van der Waals surface area contributed by atoms with Crippen LogP contribution in [-0.4, -0.2) is 13.0 Å². The van der Waals surface area contributed by atoms with E-state index in [9.17, 15) is 10.1 Å². The highest BCUT2D eigenvalue weighted by atomic mass is 35.5. The average Bonchev–Trinajstić information content (AvgIpc) is 3.17. The number of hydrogen-bond acceptors (Lipinski definition) is 4. The first-order chi connectivity index (χ1) is 13.5. The highest BCUT2D eigenvalue weighted by Gasteiger charge is 2.12. The number of benzene rings is 2. The van der Waals surface area contributed by atoms with Crippen molar-refractivity contribution in [2.75, 3.05) is 12.4 Å². The molecule has 0 aliphatic heterocycles. The van der Waals surface area contributed by atoms with Crippen molar-refractivity contribution in [1.29, 1.82) is 5.26 Å². The van der Waals surface area contributed by atoms with Crippen molar-refractivity contribution in [3.8, 4) is 23.1 Å². The lowest BCUT2D eigenvalue weighted by Crippen LogP contribution is -2.13. The Morgan fingerprint density at radius 3 is 2.50 bits per heavy atom. The fourth-order valence-electron chi connectivity index (χ4n) is 2.40. The Balaban J connectivity index is 1.78. The SMILES string of the molecule is COc1ccc(NC(=O)C(C#N)=Cc2ccc(-c3ccc(Cl)c(Cl)c3)o2)cc1. The number of hydrogen-bond donors (Lipinski definition) is 1. The monoisotopic (exact) mass is 412 g/mol. The zero-order chi connectivity index (χ0) is 20.1. The van der Waals surface area contributed by atoms with E-state index in [1.54, 1.807) is 61.7 Å². The second kappa shape index (κ2) is 8.66. The highest BCUT2D eigenvalue weighted by molar-refractivity contribution is 6.42. The Hall–Kier alpha value is -3.20. The second-order valence-corrected chi connectivity index (χ2v) is 6.50. The molecule has 140 valence electrons. The van der Waals surface area contributed by atoms with Crippen LogP contribution in [0.25, 0.3) is 17.4 Å². The minimum absolute atomic E-state index is 0.0918. The molecule has 28 heavy (non-hydrogen) atoms. The van der Waals surface area contributed by atoms with Gasteiger partial charge in [-0.1, -0.05) is 23.2 Å². The van der Waals surface area contributed by atoms with Gasteiger partial charge in [-0.05, 0) is 54.6 Å². The first-order valence-electron chi connectivity index (χ1n) is 8.12. The normalized spacial score (nSPS) is 11.0. The quantitative estimate of drug-likeness (QED) is 0.423. The number of nitriles is 1. The lowest BCUT2D eigenvalue weighted by atomic mass is 10.2. The molecule has 0 fully saturated rings. The predicted octanol–water partition coefficient (Wildman–Crippen LogP) is 5.81. The molecule has 1 heterocycles. The van der Waals surface area contributed by atoms with Gasteiger partial charge in [0.05, 0.1) is 17.2 Å². The van der Waals surface area contributed by atoms with E-state index in [0.717, 1.165) is 5.56 Å². The molecule has 0 spiro atoms. The van der Waals surface area contributed by atoms with Crippen LogP contribution in [0.1, 0.15) is 5.76 Å². The summed E-state index contributed by atoms with van der Waals surface area (Å²) in [4.78, 5) is 12.4. The van der Waals surface area contributed by atoms with Crippen molar-refractivity contribution < 1.29 is 13.9 Å². The molecule has 7 heteroatoms. The van der Waals surface area contributed by atoms with E-state index in [1.807, 2.05) is 6.07 Å². The number of anilines is 1. The van der Waals surface area contributed by atoms with E-state index in [2.05, 4.69) is 5.32 Å². The summed E-state index contributed by atoms with van der Waals surface area (Å²) < 4.78 is 10.8. The van der Waals surface area contributed by atoms with E-state index in [-0.39, 0.29) is 5.57 Å². The van der Waals surface area contributed by atoms with Crippen molar-refractivity contribution >= 4 is 40.9 Å². The van der Waals surface area contributed by atoms with Crippen LogP contribution in [0.3, 0.4) is 0 Å². The number of carbonyl (C=O) groups excluding carboxylic acids is 1. The van der Waals surface area contributed by atoms with Gasteiger partial charge in [0.1, 0.15) is 28.9 Å². The van der Waals surface area contributed by atoms with E-state index < -0.39 is 5.91 Å². The fourth-order valence-corrected chi connectivity index (χ4v) is 2.70. The van der Waals surface area contributed by atoms with E-state index in [4.69, 9.17) is 32.4 Å². The topological polar surface area (TPSA) is 75.3 Å².